The molecule has 94 valence electrons. The molecule has 5 nitrogen and oxygen atoms in total. The molecule has 17 heavy (non-hydrogen) atoms. The maximum Gasteiger partial charge on any atom is 0.254 e. The van der Waals surface area contributed by atoms with Crippen LogP contribution in [0.25, 0.3) is 0 Å². The maximum absolute atomic E-state index is 11.8. The Morgan fingerprint density at radius 2 is 2.59 bits per heavy atom. The van der Waals surface area contributed by atoms with Crippen LogP contribution in [0.2, 0.25) is 0 Å². The van der Waals surface area contributed by atoms with Crippen molar-refractivity contribution in [2.24, 2.45) is 5.92 Å². The molecule has 2 heterocycles. The van der Waals surface area contributed by atoms with E-state index in [2.05, 4.69) is 15.7 Å². The van der Waals surface area contributed by atoms with Crippen LogP contribution in [0, 0.1) is 5.92 Å². The summed E-state index contributed by atoms with van der Waals surface area (Å²) in [4.78, 5) is 11.8. The maximum atomic E-state index is 11.8. The summed E-state index contributed by atoms with van der Waals surface area (Å²) in [6, 6.07) is 0. The van der Waals surface area contributed by atoms with Crippen LogP contribution in [-0.2, 0) is 6.54 Å². The third-order valence-electron chi connectivity index (χ3n) is 3.17. The minimum absolute atomic E-state index is 0.0183. The van der Waals surface area contributed by atoms with Gasteiger partial charge in [0.15, 0.2) is 0 Å². The SMILES string of the molecule is CCn1cc(C(=O)NCC2CCCNC2)cn1. The molecular weight excluding hydrogens is 216 g/mol. The molecular formula is C12H20N4O. The molecule has 0 saturated carbocycles. The van der Waals surface area contributed by atoms with E-state index in [0.717, 1.165) is 26.2 Å². The van der Waals surface area contributed by atoms with Gasteiger partial charge < -0.3 is 10.6 Å². The number of rotatable bonds is 4. The average molecular weight is 236 g/mol. The van der Waals surface area contributed by atoms with Crippen molar-refractivity contribution in [3.05, 3.63) is 18.0 Å². The van der Waals surface area contributed by atoms with E-state index in [0.29, 0.717) is 11.5 Å². The van der Waals surface area contributed by atoms with Crippen LogP contribution in [0.4, 0.5) is 0 Å². The van der Waals surface area contributed by atoms with E-state index >= 15 is 0 Å². The average Bonchev–Trinajstić information content (AvgIpc) is 2.86. The van der Waals surface area contributed by atoms with Crippen LogP contribution in [0.5, 0.6) is 0 Å². The van der Waals surface area contributed by atoms with Crippen molar-refractivity contribution < 1.29 is 4.79 Å². The number of amides is 1. The molecule has 1 unspecified atom stereocenters. The van der Waals surface area contributed by atoms with Gasteiger partial charge >= 0.3 is 0 Å². The summed E-state index contributed by atoms with van der Waals surface area (Å²) >= 11 is 0. The number of aryl methyl sites for hydroxylation is 1. The molecule has 1 fully saturated rings. The normalized spacial score (nSPS) is 20.2. The third-order valence-corrected chi connectivity index (χ3v) is 3.17. The van der Waals surface area contributed by atoms with Gasteiger partial charge in [0.05, 0.1) is 11.8 Å². The number of carbonyl (C=O) groups excluding carboxylic acids is 1. The molecule has 2 rings (SSSR count). The van der Waals surface area contributed by atoms with Gasteiger partial charge in [0.1, 0.15) is 0 Å². The van der Waals surface area contributed by atoms with Gasteiger partial charge in [-0.05, 0) is 38.8 Å². The Morgan fingerprint density at radius 3 is 3.24 bits per heavy atom. The fraction of sp³-hybridized carbons (Fsp3) is 0.667. The Hall–Kier alpha value is -1.36. The minimum atomic E-state index is -0.0183. The fourth-order valence-electron chi connectivity index (χ4n) is 2.09. The van der Waals surface area contributed by atoms with Crippen molar-refractivity contribution in [3.63, 3.8) is 0 Å². The summed E-state index contributed by atoms with van der Waals surface area (Å²) < 4.78 is 1.76. The van der Waals surface area contributed by atoms with Crippen molar-refractivity contribution in [1.82, 2.24) is 20.4 Å². The number of hydrogen-bond acceptors (Lipinski definition) is 3. The van der Waals surface area contributed by atoms with E-state index in [1.807, 2.05) is 6.92 Å². The highest BCUT2D eigenvalue weighted by Gasteiger charge is 2.15. The zero-order valence-electron chi connectivity index (χ0n) is 10.3. The van der Waals surface area contributed by atoms with Crippen molar-refractivity contribution in [2.45, 2.75) is 26.3 Å². The second kappa shape index (κ2) is 5.82. The number of hydrogen-bond donors (Lipinski definition) is 2. The van der Waals surface area contributed by atoms with Crippen molar-refractivity contribution in [3.8, 4) is 0 Å². The van der Waals surface area contributed by atoms with Gasteiger partial charge in [0.25, 0.3) is 5.91 Å². The number of aromatic nitrogens is 2. The lowest BCUT2D eigenvalue weighted by molar-refractivity contribution is 0.0944. The molecule has 0 spiro atoms. The van der Waals surface area contributed by atoms with Crippen molar-refractivity contribution in [2.75, 3.05) is 19.6 Å². The first kappa shape index (κ1) is 12.1. The Balaban J connectivity index is 1.80. The van der Waals surface area contributed by atoms with E-state index in [4.69, 9.17) is 0 Å². The molecule has 1 aromatic heterocycles. The van der Waals surface area contributed by atoms with E-state index in [1.54, 1.807) is 17.1 Å². The Labute approximate surface area is 102 Å². The lowest BCUT2D eigenvalue weighted by Crippen LogP contribution is -2.38. The van der Waals surface area contributed by atoms with Crippen LogP contribution in [-0.4, -0.2) is 35.3 Å². The zero-order valence-corrected chi connectivity index (χ0v) is 10.3. The predicted octanol–water partition coefficient (Wildman–Crippen LogP) is 0.632. The molecule has 0 aromatic carbocycles. The molecule has 1 aliphatic rings. The second-order valence-corrected chi connectivity index (χ2v) is 4.51. The van der Waals surface area contributed by atoms with Crippen molar-refractivity contribution >= 4 is 5.91 Å². The van der Waals surface area contributed by atoms with Crippen LogP contribution in [0.1, 0.15) is 30.1 Å². The van der Waals surface area contributed by atoms with Gasteiger partial charge in [-0.3, -0.25) is 9.48 Å². The highest BCUT2D eigenvalue weighted by molar-refractivity contribution is 5.93. The van der Waals surface area contributed by atoms with Gasteiger partial charge in [0, 0.05) is 19.3 Å². The summed E-state index contributed by atoms with van der Waals surface area (Å²) in [7, 11) is 0. The van der Waals surface area contributed by atoms with Gasteiger partial charge in [-0.1, -0.05) is 0 Å². The molecule has 1 atom stereocenters. The Morgan fingerprint density at radius 1 is 1.71 bits per heavy atom. The molecule has 5 heteroatoms. The molecule has 0 bridgehead atoms. The Bertz CT molecular complexity index is 368. The second-order valence-electron chi connectivity index (χ2n) is 4.51. The fourth-order valence-corrected chi connectivity index (χ4v) is 2.09. The molecule has 1 saturated heterocycles. The van der Waals surface area contributed by atoms with Crippen LogP contribution in [0.15, 0.2) is 12.4 Å². The largest absolute Gasteiger partial charge is 0.352 e. The number of piperidine rings is 1. The Kier molecular flexibility index (Phi) is 4.14. The summed E-state index contributed by atoms with van der Waals surface area (Å²) in [5, 5.41) is 10.4. The van der Waals surface area contributed by atoms with Crippen LogP contribution >= 0.6 is 0 Å². The molecule has 1 amide bonds. The van der Waals surface area contributed by atoms with E-state index in [1.165, 1.54) is 12.8 Å². The lowest BCUT2D eigenvalue weighted by atomic mass is 10.00. The topological polar surface area (TPSA) is 59.0 Å². The quantitative estimate of drug-likeness (QED) is 0.806. The first-order chi connectivity index (χ1) is 8.29. The highest BCUT2D eigenvalue weighted by atomic mass is 16.1. The summed E-state index contributed by atoms with van der Waals surface area (Å²) in [5.74, 6) is 0.546. The summed E-state index contributed by atoms with van der Waals surface area (Å²) in [6.45, 7) is 5.66. The molecule has 2 N–H and O–H groups in total. The van der Waals surface area contributed by atoms with E-state index in [9.17, 15) is 4.79 Å². The summed E-state index contributed by atoms with van der Waals surface area (Å²) in [5.41, 5.74) is 0.649. The van der Waals surface area contributed by atoms with Gasteiger partial charge in [-0.15, -0.1) is 0 Å². The van der Waals surface area contributed by atoms with E-state index in [-0.39, 0.29) is 5.91 Å². The smallest absolute Gasteiger partial charge is 0.254 e. The monoisotopic (exact) mass is 236 g/mol. The number of nitrogens with one attached hydrogen (secondary N) is 2. The third kappa shape index (κ3) is 3.30. The number of nitrogens with zero attached hydrogens (tertiary/aromatic N) is 2. The van der Waals surface area contributed by atoms with Crippen LogP contribution < -0.4 is 10.6 Å². The highest BCUT2D eigenvalue weighted by Crippen LogP contribution is 2.08. The zero-order chi connectivity index (χ0) is 12.1. The lowest BCUT2D eigenvalue weighted by Gasteiger charge is -2.22. The summed E-state index contributed by atoms with van der Waals surface area (Å²) in [6.07, 6.45) is 5.81. The first-order valence-electron chi connectivity index (χ1n) is 6.31. The minimum Gasteiger partial charge on any atom is -0.352 e. The standard InChI is InChI=1S/C12H20N4O/c1-2-16-9-11(8-15-16)12(17)14-7-10-4-3-5-13-6-10/h8-10,13H,2-7H2,1H3,(H,14,17). The van der Waals surface area contributed by atoms with Gasteiger partial charge in [0.2, 0.25) is 0 Å². The number of carbonyl (C=O) groups is 1. The van der Waals surface area contributed by atoms with E-state index < -0.39 is 0 Å². The predicted molar refractivity (Wildman–Crippen MR) is 65.8 cm³/mol. The molecule has 1 aliphatic heterocycles. The molecule has 0 aliphatic carbocycles. The van der Waals surface area contributed by atoms with Crippen LogP contribution in [0.3, 0.4) is 0 Å². The molecule has 1 aromatic rings. The first-order valence-corrected chi connectivity index (χ1v) is 6.31. The van der Waals surface area contributed by atoms with Crippen molar-refractivity contribution in [1.29, 1.82) is 0 Å². The van der Waals surface area contributed by atoms with Gasteiger partial charge in [-0.25, -0.2) is 0 Å². The molecule has 0 radical (unpaired) electrons. The van der Waals surface area contributed by atoms with Gasteiger partial charge in [-0.2, -0.15) is 5.10 Å².